The summed E-state index contributed by atoms with van der Waals surface area (Å²) in [5, 5.41) is 12.8. The topological polar surface area (TPSA) is 19.9 Å². The zero-order valence-electron chi connectivity index (χ0n) is 7.51. The summed E-state index contributed by atoms with van der Waals surface area (Å²) in [6.07, 6.45) is 0. The minimum absolute atomic E-state index is 0.0661. The number of benzene rings is 2. The van der Waals surface area contributed by atoms with Crippen molar-refractivity contribution in [3.05, 3.63) is 42.0 Å². The molecular weight excluding hydrogens is 254 g/mol. The largest absolute Gasteiger partial charge is 0.289 e. The molecule has 0 spiro atoms. The van der Waals surface area contributed by atoms with E-state index in [0.717, 1.165) is 0 Å². The van der Waals surface area contributed by atoms with Crippen LogP contribution in [0.3, 0.4) is 0 Å². The van der Waals surface area contributed by atoms with Crippen LogP contribution in [0.4, 0.5) is 0 Å². The maximum Gasteiger partial charge on any atom is 0.216 e. The monoisotopic (exact) mass is 259 g/mol. The van der Waals surface area contributed by atoms with Crippen LogP contribution in [0.2, 0.25) is 0 Å². The highest BCUT2D eigenvalue weighted by Gasteiger charge is 2.25. The molecule has 2 rings (SSSR count). The minimum Gasteiger partial charge on any atom is -0.289 e. The predicted octanol–water partition coefficient (Wildman–Crippen LogP) is 4.81. The maximum atomic E-state index is 11.5. The van der Waals surface area contributed by atoms with E-state index in [1.807, 2.05) is 6.07 Å². The van der Waals surface area contributed by atoms with Gasteiger partial charge in [-0.15, -0.1) is 0 Å². The maximum absolute atomic E-state index is 11.5. The summed E-state index contributed by atoms with van der Waals surface area (Å²) in [6, 6.07) is 10.1. The van der Waals surface area contributed by atoms with Gasteiger partial charge in [-0.05, 0) is 11.5 Å². The van der Waals surface area contributed by atoms with E-state index in [2.05, 4.69) is 0 Å². The first-order valence-corrected chi connectivity index (χ1v) is 5.39. The van der Waals surface area contributed by atoms with E-state index in [4.69, 9.17) is 34.8 Å². The minimum atomic E-state index is -1.51. The molecule has 77 valence electrons. The average molecular weight is 261 g/mol. The molecule has 0 aliphatic heterocycles. The molecule has 2 aromatic rings. The Labute approximate surface area is 102 Å². The second kappa shape index (κ2) is 3.75. The fourth-order valence-electron chi connectivity index (χ4n) is 1.52. The number of halogens is 3. The van der Waals surface area contributed by atoms with E-state index in [1.54, 1.807) is 24.3 Å². The smallest absolute Gasteiger partial charge is 0.216 e. The quantitative estimate of drug-likeness (QED) is 0.606. The molecule has 0 aliphatic rings. The van der Waals surface area contributed by atoms with Crippen molar-refractivity contribution in [3.63, 3.8) is 0 Å². The Balaban J connectivity index is 2.84. The molecule has 0 atom stereocenters. The van der Waals surface area contributed by atoms with Crippen LogP contribution in [0.15, 0.2) is 36.4 Å². The third-order valence-electron chi connectivity index (χ3n) is 2.19. The van der Waals surface area contributed by atoms with Gasteiger partial charge in [-0.2, -0.15) is 0 Å². The summed E-state index contributed by atoms with van der Waals surface area (Å²) in [5.74, 6) is -0.0661. The van der Waals surface area contributed by atoms with Gasteiger partial charge in [0.2, 0.25) is 3.79 Å². The Bertz CT molecular complexity index is 503. The molecule has 1 nitrogen and oxygen atoms in total. The van der Waals surface area contributed by atoms with Gasteiger partial charge in [-0.25, -0.2) is 0 Å². The summed E-state index contributed by atoms with van der Waals surface area (Å²) in [5.41, 5.74) is 0.530. The van der Waals surface area contributed by atoms with Gasteiger partial charge in [0.15, 0.2) is 5.75 Å². The highest BCUT2D eigenvalue weighted by atomic mass is 35.6. The van der Waals surface area contributed by atoms with Gasteiger partial charge in [0, 0.05) is 10.9 Å². The molecule has 0 saturated carbocycles. The predicted molar refractivity (Wildman–Crippen MR) is 63.3 cm³/mol. The van der Waals surface area contributed by atoms with E-state index >= 15 is 0 Å². The second-order valence-electron chi connectivity index (χ2n) is 3.15. The molecule has 1 radical (unpaired) electrons. The Morgan fingerprint density at radius 2 is 1.47 bits per heavy atom. The molecular formula is C11H6Cl3O. The van der Waals surface area contributed by atoms with Crippen molar-refractivity contribution in [2.24, 2.45) is 0 Å². The fourth-order valence-corrected chi connectivity index (χ4v) is 2.01. The van der Waals surface area contributed by atoms with Crippen LogP contribution in [0.5, 0.6) is 5.75 Å². The zero-order chi connectivity index (χ0) is 11.1. The van der Waals surface area contributed by atoms with Crippen molar-refractivity contribution < 1.29 is 5.11 Å². The van der Waals surface area contributed by atoms with Gasteiger partial charge >= 0.3 is 0 Å². The fraction of sp³-hybridized carbons (Fsp3) is 0.0909. The van der Waals surface area contributed by atoms with E-state index in [-0.39, 0.29) is 5.75 Å². The van der Waals surface area contributed by atoms with Crippen LogP contribution in [-0.4, -0.2) is 0 Å². The molecule has 0 amide bonds. The highest BCUT2D eigenvalue weighted by molar-refractivity contribution is 6.67. The first kappa shape index (κ1) is 10.9. The van der Waals surface area contributed by atoms with Crippen LogP contribution in [0, 0.1) is 0 Å². The van der Waals surface area contributed by atoms with E-state index in [9.17, 15) is 5.11 Å². The van der Waals surface area contributed by atoms with Crippen LogP contribution in [0.1, 0.15) is 5.56 Å². The van der Waals surface area contributed by atoms with E-state index in [0.29, 0.717) is 16.3 Å². The Hall–Kier alpha value is -0.630. The van der Waals surface area contributed by atoms with Gasteiger partial charge in [0.1, 0.15) is 0 Å². The van der Waals surface area contributed by atoms with Crippen LogP contribution >= 0.6 is 34.8 Å². The standard InChI is InChI=1S/C11H6Cl3O/c12-11(13,14)9-5-6-10(15)8-4-2-1-3-7(8)9/h1-6H. The average Bonchev–Trinajstić information content (AvgIpc) is 2.17. The third-order valence-corrected chi connectivity index (χ3v) is 2.80. The van der Waals surface area contributed by atoms with Crippen molar-refractivity contribution in [2.45, 2.75) is 3.79 Å². The highest BCUT2D eigenvalue weighted by Crippen LogP contribution is 2.43. The summed E-state index contributed by atoms with van der Waals surface area (Å²) in [4.78, 5) is 0. The number of fused-ring (bicyclic) bond motifs is 1. The lowest BCUT2D eigenvalue weighted by Gasteiger charge is -2.14. The van der Waals surface area contributed by atoms with Crippen molar-refractivity contribution in [3.8, 4) is 5.75 Å². The van der Waals surface area contributed by atoms with Crippen molar-refractivity contribution >= 4 is 45.6 Å². The van der Waals surface area contributed by atoms with Gasteiger partial charge in [-0.3, -0.25) is 5.11 Å². The Morgan fingerprint density at radius 3 is 2.07 bits per heavy atom. The van der Waals surface area contributed by atoms with Gasteiger partial charge in [0.05, 0.1) is 0 Å². The van der Waals surface area contributed by atoms with Crippen molar-refractivity contribution in [1.29, 1.82) is 0 Å². The lowest BCUT2D eigenvalue weighted by molar-refractivity contribution is 0.360. The first-order chi connectivity index (χ1) is 7.00. The first-order valence-electron chi connectivity index (χ1n) is 4.26. The molecule has 15 heavy (non-hydrogen) atoms. The number of rotatable bonds is 0. The molecule has 0 unspecified atom stereocenters. The summed E-state index contributed by atoms with van der Waals surface area (Å²) < 4.78 is -1.51. The zero-order valence-corrected chi connectivity index (χ0v) is 9.77. The second-order valence-corrected chi connectivity index (χ2v) is 5.44. The van der Waals surface area contributed by atoms with Gasteiger partial charge < -0.3 is 0 Å². The molecule has 0 N–H and O–H groups in total. The molecule has 0 fully saturated rings. The van der Waals surface area contributed by atoms with Crippen molar-refractivity contribution in [2.75, 3.05) is 0 Å². The Morgan fingerprint density at radius 1 is 0.867 bits per heavy atom. The SMILES string of the molecule is [O]c1ccc(C(Cl)(Cl)Cl)c2ccccc12. The number of hydrogen-bond donors (Lipinski definition) is 0. The van der Waals surface area contributed by atoms with Gasteiger partial charge in [-0.1, -0.05) is 65.1 Å². The number of alkyl halides is 3. The van der Waals surface area contributed by atoms with Gasteiger partial charge in [0.25, 0.3) is 0 Å². The van der Waals surface area contributed by atoms with Crippen LogP contribution < -0.4 is 0 Å². The van der Waals surface area contributed by atoms with Crippen molar-refractivity contribution in [1.82, 2.24) is 0 Å². The summed E-state index contributed by atoms with van der Waals surface area (Å²) in [7, 11) is 0. The summed E-state index contributed by atoms with van der Waals surface area (Å²) in [6.45, 7) is 0. The molecule has 4 heteroatoms. The molecule has 0 heterocycles. The lowest BCUT2D eigenvalue weighted by atomic mass is 10.0. The lowest BCUT2D eigenvalue weighted by Crippen LogP contribution is -2.00. The number of hydrogen-bond acceptors (Lipinski definition) is 0. The van der Waals surface area contributed by atoms with Crippen LogP contribution in [-0.2, 0) is 8.90 Å². The van der Waals surface area contributed by atoms with E-state index < -0.39 is 3.79 Å². The van der Waals surface area contributed by atoms with E-state index in [1.165, 1.54) is 6.07 Å². The normalized spacial score (nSPS) is 11.9. The molecule has 0 bridgehead atoms. The molecule has 0 aromatic heterocycles. The third kappa shape index (κ3) is 2.00. The molecule has 2 aromatic carbocycles. The molecule has 0 saturated heterocycles. The molecule has 0 aliphatic carbocycles. The van der Waals surface area contributed by atoms with Crippen LogP contribution in [0.25, 0.3) is 10.8 Å². The summed E-state index contributed by atoms with van der Waals surface area (Å²) >= 11 is 17.5. The Kier molecular flexibility index (Phi) is 2.72.